The molecule has 0 aromatic carbocycles. The van der Waals surface area contributed by atoms with Crippen LogP contribution in [0, 0.1) is 11.8 Å². The molecule has 0 unspecified atom stereocenters. The molecule has 0 spiro atoms. The van der Waals surface area contributed by atoms with Crippen molar-refractivity contribution in [2.45, 2.75) is 70.8 Å². The number of Topliss-reactive ketones (excluding diaryl/α,β-unsaturated/α-hetero) is 1. The number of ketones is 1. The Labute approximate surface area is 132 Å². The second kappa shape index (κ2) is 5.68. The molecule has 3 nitrogen and oxygen atoms in total. The first-order chi connectivity index (χ1) is 10.7. The lowest BCUT2D eigenvalue weighted by Crippen LogP contribution is -2.29. The molecule has 2 saturated carbocycles. The molecule has 3 aliphatic rings. The van der Waals surface area contributed by atoms with Gasteiger partial charge in [-0.2, -0.15) is 0 Å². The van der Waals surface area contributed by atoms with Crippen LogP contribution in [-0.2, 0) is 12.8 Å². The van der Waals surface area contributed by atoms with Crippen molar-refractivity contribution in [2.24, 2.45) is 11.8 Å². The number of nitrogens with zero attached hydrogens (tertiary/aromatic N) is 1. The fourth-order valence-corrected chi connectivity index (χ4v) is 5.00. The van der Waals surface area contributed by atoms with Crippen LogP contribution in [-0.4, -0.2) is 16.8 Å². The van der Waals surface area contributed by atoms with Gasteiger partial charge in [0, 0.05) is 17.8 Å². The maximum atomic E-state index is 11.9. The van der Waals surface area contributed by atoms with Crippen LogP contribution in [0.4, 0.5) is 5.82 Å². The average molecular weight is 298 g/mol. The van der Waals surface area contributed by atoms with Crippen LogP contribution in [0.5, 0.6) is 0 Å². The number of carbonyl (C=O) groups is 1. The summed E-state index contributed by atoms with van der Waals surface area (Å²) in [5, 5.41) is 3.75. The van der Waals surface area contributed by atoms with Gasteiger partial charge in [0.05, 0.1) is 0 Å². The molecule has 3 heteroatoms. The zero-order chi connectivity index (χ0) is 15.1. The fourth-order valence-electron chi connectivity index (χ4n) is 5.00. The van der Waals surface area contributed by atoms with Gasteiger partial charge in [0.2, 0.25) is 0 Å². The highest BCUT2D eigenvalue weighted by Gasteiger charge is 2.34. The number of fused-ring (bicyclic) bond motifs is 3. The lowest BCUT2D eigenvalue weighted by Gasteiger charge is -2.30. The molecular weight excluding hydrogens is 272 g/mol. The molecule has 1 heterocycles. The van der Waals surface area contributed by atoms with Gasteiger partial charge in [-0.3, -0.25) is 4.79 Å². The van der Waals surface area contributed by atoms with Crippen molar-refractivity contribution < 1.29 is 4.79 Å². The number of rotatable bonds is 3. The highest BCUT2D eigenvalue weighted by molar-refractivity contribution is 5.96. The molecule has 4 rings (SSSR count). The van der Waals surface area contributed by atoms with Gasteiger partial charge in [-0.1, -0.05) is 12.8 Å². The van der Waals surface area contributed by atoms with Crippen LogP contribution in [0.25, 0.3) is 0 Å². The molecular formula is C19H26N2O. The Balaban J connectivity index is 1.60. The highest BCUT2D eigenvalue weighted by atomic mass is 16.1. The Kier molecular flexibility index (Phi) is 3.67. The van der Waals surface area contributed by atoms with Gasteiger partial charge in [0.1, 0.15) is 5.82 Å². The van der Waals surface area contributed by atoms with E-state index in [-0.39, 0.29) is 5.78 Å². The molecule has 118 valence electrons. The number of hydrogen-bond acceptors (Lipinski definition) is 3. The van der Waals surface area contributed by atoms with E-state index in [1.807, 2.05) is 6.20 Å². The van der Waals surface area contributed by atoms with Crippen molar-refractivity contribution in [3.8, 4) is 0 Å². The molecule has 1 aromatic rings. The van der Waals surface area contributed by atoms with E-state index in [1.54, 1.807) is 6.92 Å². The van der Waals surface area contributed by atoms with Crippen LogP contribution in [0.15, 0.2) is 6.20 Å². The number of carbonyl (C=O) groups excluding carboxylic acids is 1. The molecule has 0 radical (unpaired) electrons. The number of nitrogens with one attached hydrogen (secondary N) is 1. The SMILES string of the molecule is CC(=O)c1cnc(N[C@@H]2C[C@@H]3CC[C@@H](C3)C2)c2c1CCCC2. The van der Waals surface area contributed by atoms with Crippen LogP contribution < -0.4 is 5.32 Å². The lowest BCUT2D eigenvalue weighted by molar-refractivity contribution is 0.101. The van der Waals surface area contributed by atoms with Crippen molar-refractivity contribution in [3.63, 3.8) is 0 Å². The normalized spacial score (nSPS) is 30.0. The molecule has 2 fully saturated rings. The molecule has 2 bridgehead atoms. The van der Waals surface area contributed by atoms with Crippen LogP contribution >= 0.6 is 0 Å². The first-order valence-corrected chi connectivity index (χ1v) is 8.99. The molecule has 3 atom stereocenters. The summed E-state index contributed by atoms with van der Waals surface area (Å²) in [6, 6.07) is 0.591. The summed E-state index contributed by atoms with van der Waals surface area (Å²) in [6.07, 6.45) is 13.3. The Hall–Kier alpha value is -1.38. The minimum absolute atomic E-state index is 0.160. The standard InChI is InChI=1S/C19H26N2O/c1-12(22)18-11-20-19(17-5-3-2-4-16(17)18)21-15-9-13-6-7-14(8-13)10-15/h11,13-15H,2-10H2,1H3,(H,20,21)/t13-,14+,15-. The summed E-state index contributed by atoms with van der Waals surface area (Å²) < 4.78 is 0. The monoisotopic (exact) mass is 298 g/mol. The molecule has 1 N–H and O–H groups in total. The summed E-state index contributed by atoms with van der Waals surface area (Å²) in [6.45, 7) is 1.66. The topological polar surface area (TPSA) is 42.0 Å². The Morgan fingerprint density at radius 2 is 1.77 bits per heavy atom. The van der Waals surface area contributed by atoms with Crippen molar-refractivity contribution in [3.05, 3.63) is 22.9 Å². The molecule has 22 heavy (non-hydrogen) atoms. The summed E-state index contributed by atoms with van der Waals surface area (Å²) >= 11 is 0. The van der Waals surface area contributed by atoms with Gasteiger partial charge in [0.25, 0.3) is 0 Å². The van der Waals surface area contributed by atoms with Crippen LogP contribution in [0.2, 0.25) is 0 Å². The van der Waals surface area contributed by atoms with Crippen LogP contribution in [0.1, 0.15) is 73.4 Å². The van der Waals surface area contributed by atoms with E-state index in [9.17, 15) is 4.79 Å². The number of aromatic nitrogens is 1. The van der Waals surface area contributed by atoms with Gasteiger partial charge in [-0.05, 0) is 74.8 Å². The third-order valence-corrected chi connectivity index (χ3v) is 6.01. The zero-order valence-electron chi connectivity index (χ0n) is 13.5. The van der Waals surface area contributed by atoms with E-state index >= 15 is 0 Å². The smallest absolute Gasteiger partial charge is 0.161 e. The number of hydrogen-bond donors (Lipinski definition) is 1. The van der Waals surface area contributed by atoms with E-state index in [4.69, 9.17) is 0 Å². The Bertz CT molecular complexity index is 583. The van der Waals surface area contributed by atoms with E-state index in [2.05, 4.69) is 10.3 Å². The summed E-state index contributed by atoms with van der Waals surface area (Å²) in [5.41, 5.74) is 3.45. The maximum absolute atomic E-state index is 11.9. The second-order valence-corrected chi connectivity index (χ2v) is 7.60. The van der Waals surface area contributed by atoms with Gasteiger partial charge in [0.15, 0.2) is 5.78 Å². The van der Waals surface area contributed by atoms with Crippen molar-refractivity contribution >= 4 is 11.6 Å². The predicted molar refractivity (Wildman–Crippen MR) is 88.4 cm³/mol. The summed E-state index contributed by atoms with van der Waals surface area (Å²) in [5.74, 6) is 3.10. The average Bonchev–Trinajstić information content (AvgIpc) is 2.86. The second-order valence-electron chi connectivity index (χ2n) is 7.60. The molecule has 0 aliphatic heterocycles. The molecule has 3 aliphatic carbocycles. The van der Waals surface area contributed by atoms with Gasteiger partial charge in [-0.25, -0.2) is 4.98 Å². The van der Waals surface area contributed by atoms with E-state index in [0.29, 0.717) is 6.04 Å². The summed E-state index contributed by atoms with van der Waals surface area (Å²) in [7, 11) is 0. The number of pyridine rings is 1. The predicted octanol–water partition coefficient (Wildman–Crippen LogP) is 4.15. The Morgan fingerprint density at radius 1 is 1.09 bits per heavy atom. The van der Waals surface area contributed by atoms with Gasteiger partial charge in [-0.15, -0.1) is 0 Å². The quantitative estimate of drug-likeness (QED) is 0.852. The minimum atomic E-state index is 0.160. The lowest BCUT2D eigenvalue weighted by atomic mass is 9.84. The first-order valence-electron chi connectivity index (χ1n) is 8.99. The zero-order valence-corrected chi connectivity index (χ0v) is 13.5. The van der Waals surface area contributed by atoms with E-state index < -0.39 is 0 Å². The largest absolute Gasteiger partial charge is 0.367 e. The van der Waals surface area contributed by atoms with E-state index in [0.717, 1.165) is 36.1 Å². The van der Waals surface area contributed by atoms with Gasteiger partial charge < -0.3 is 5.32 Å². The molecule has 0 saturated heterocycles. The van der Waals surface area contributed by atoms with Crippen molar-refractivity contribution in [1.82, 2.24) is 4.98 Å². The first kappa shape index (κ1) is 14.2. The Morgan fingerprint density at radius 3 is 2.45 bits per heavy atom. The third-order valence-electron chi connectivity index (χ3n) is 6.01. The molecule has 1 aromatic heterocycles. The van der Waals surface area contributed by atoms with Crippen LogP contribution in [0.3, 0.4) is 0 Å². The van der Waals surface area contributed by atoms with E-state index in [1.165, 1.54) is 56.1 Å². The fraction of sp³-hybridized carbons (Fsp3) is 0.684. The maximum Gasteiger partial charge on any atom is 0.161 e. The van der Waals surface area contributed by atoms with Crippen molar-refractivity contribution in [1.29, 1.82) is 0 Å². The van der Waals surface area contributed by atoms with Crippen molar-refractivity contribution in [2.75, 3.05) is 5.32 Å². The number of anilines is 1. The molecule has 0 amide bonds. The van der Waals surface area contributed by atoms with Gasteiger partial charge >= 0.3 is 0 Å². The highest BCUT2D eigenvalue weighted by Crippen LogP contribution is 2.43. The third kappa shape index (κ3) is 2.55. The summed E-state index contributed by atoms with van der Waals surface area (Å²) in [4.78, 5) is 16.5. The minimum Gasteiger partial charge on any atom is -0.367 e.